The summed E-state index contributed by atoms with van der Waals surface area (Å²) in [5, 5.41) is 11.0. The molecule has 2 unspecified atom stereocenters. The lowest BCUT2D eigenvalue weighted by Gasteiger charge is -2.52. The van der Waals surface area contributed by atoms with Gasteiger partial charge in [-0.2, -0.15) is 0 Å². The first-order valence-corrected chi connectivity index (χ1v) is 7.50. The molecule has 1 aliphatic rings. The molecule has 4 nitrogen and oxygen atoms in total. The Balaban J connectivity index is 2.21. The van der Waals surface area contributed by atoms with Crippen molar-refractivity contribution in [2.45, 2.75) is 44.0 Å². The van der Waals surface area contributed by atoms with Crippen LogP contribution in [-0.4, -0.2) is 15.9 Å². The third-order valence-corrected chi connectivity index (χ3v) is 5.62. The van der Waals surface area contributed by atoms with E-state index >= 15 is 0 Å². The van der Waals surface area contributed by atoms with E-state index in [1.165, 1.54) is 6.07 Å². The minimum Gasteiger partial charge on any atom is -0.483 e. The Bertz CT molecular complexity index is 474. The van der Waals surface area contributed by atoms with Crippen molar-refractivity contribution in [1.29, 1.82) is 0 Å². The van der Waals surface area contributed by atoms with Crippen LogP contribution in [0.25, 0.3) is 0 Å². The van der Waals surface area contributed by atoms with Crippen LogP contribution in [-0.2, 0) is 0 Å². The van der Waals surface area contributed by atoms with Crippen molar-refractivity contribution in [2.24, 2.45) is 5.41 Å². The fourth-order valence-corrected chi connectivity index (χ4v) is 4.16. The summed E-state index contributed by atoms with van der Waals surface area (Å²) in [5.74, 6) is 0.378. The summed E-state index contributed by atoms with van der Waals surface area (Å²) in [4.78, 5) is 11.0. The molecule has 104 valence electrons. The molecule has 0 radical (unpaired) electrons. The largest absolute Gasteiger partial charge is 0.483 e. The van der Waals surface area contributed by atoms with Crippen LogP contribution in [0.15, 0.2) is 24.3 Å². The van der Waals surface area contributed by atoms with E-state index in [9.17, 15) is 10.1 Å². The molecular weight excluding hydrogens is 310 g/mol. The summed E-state index contributed by atoms with van der Waals surface area (Å²) in [7, 11) is 0. The molecule has 0 aromatic heterocycles. The van der Waals surface area contributed by atoms with E-state index in [1.54, 1.807) is 18.2 Å². The van der Waals surface area contributed by atoms with Crippen LogP contribution < -0.4 is 4.74 Å². The normalized spacial score (nSPS) is 24.6. The number of hydrogen-bond donors (Lipinski definition) is 0. The minimum absolute atomic E-state index is 0.0432. The fraction of sp³-hybridized carbons (Fsp3) is 0.571. The van der Waals surface area contributed by atoms with E-state index in [-0.39, 0.29) is 22.1 Å². The van der Waals surface area contributed by atoms with Gasteiger partial charge in [-0.25, -0.2) is 0 Å². The molecule has 0 N–H and O–H groups in total. The number of para-hydroxylation sites is 2. The van der Waals surface area contributed by atoms with Crippen molar-refractivity contribution in [3.8, 4) is 5.75 Å². The molecule has 1 saturated carbocycles. The molecule has 0 spiro atoms. The molecule has 0 heterocycles. The van der Waals surface area contributed by atoms with Gasteiger partial charge in [-0.3, -0.25) is 10.1 Å². The zero-order valence-corrected chi connectivity index (χ0v) is 12.7. The summed E-state index contributed by atoms with van der Waals surface area (Å²) in [6.45, 7) is 4.29. The van der Waals surface area contributed by atoms with Crippen molar-refractivity contribution in [2.75, 3.05) is 0 Å². The molecule has 19 heavy (non-hydrogen) atoms. The average Bonchev–Trinajstić information content (AvgIpc) is 2.40. The van der Waals surface area contributed by atoms with Gasteiger partial charge in [0.2, 0.25) is 0 Å². The molecule has 0 bridgehead atoms. The van der Waals surface area contributed by atoms with Gasteiger partial charge >= 0.3 is 5.69 Å². The average molecular weight is 328 g/mol. The highest BCUT2D eigenvalue weighted by Gasteiger charge is 2.53. The van der Waals surface area contributed by atoms with Crippen LogP contribution in [0.1, 0.15) is 33.1 Å². The second-order valence-corrected chi connectivity index (χ2v) is 6.08. The molecule has 0 amide bonds. The van der Waals surface area contributed by atoms with E-state index < -0.39 is 0 Å². The van der Waals surface area contributed by atoms with Crippen molar-refractivity contribution in [1.82, 2.24) is 0 Å². The number of halogens is 1. The first kappa shape index (κ1) is 14.3. The zero-order valence-electron chi connectivity index (χ0n) is 11.1. The minimum atomic E-state index is -0.390. The summed E-state index contributed by atoms with van der Waals surface area (Å²) in [6, 6.07) is 6.59. The van der Waals surface area contributed by atoms with Crippen molar-refractivity contribution in [3.63, 3.8) is 0 Å². The molecular formula is C14H18BrNO3. The van der Waals surface area contributed by atoms with Crippen LogP contribution >= 0.6 is 15.9 Å². The Morgan fingerprint density at radius 3 is 2.58 bits per heavy atom. The van der Waals surface area contributed by atoms with Crippen LogP contribution in [0.5, 0.6) is 5.75 Å². The van der Waals surface area contributed by atoms with Gasteiger partial charge in [0.15, 0.2) is 5.75 Å². The van der Waals surface area contributed by atoms with Crippen molar-refractivity contribution >= 4 is 21.6 Å². The number of nitro groups is 1. The Morgan fingerprint density at radius 1 is 1.42 bits per heavy atom. The molecule has 0 aliphatic heterocycles. The van der Waals surface area contributed by atoms with E-state index in [0.717, 1.165) is 19.3 Å². The number of hydrogen-bond acceptors (Lipinski definition) is 3. The lowest BCUT2D eigenvalue weighted by Crippen LogP contribution is -2.56. The number of rotatable bonds is 5. The third kappa shape index (κ3) is 2.36. The highest BCUT2D eigenvalue weighted by atomic mass is 79.9. The smallest absolute Gasteiger partial charge is 0.310 e. The first-order chi connectivity index (χ1) is 9.05. The van der Waals surface area contributed by atoms with Gasteiger partial charge < -0.3 is 4.74 Å². The van der Waals surface area contributed by atoms with Crippen LogP contribution in [0.3, 0.4) is 0 Å². The standard InChI is InChI=1S/C14H18BrNO3/c1-3-14(4-2)12(15)9-13(14)19-11-8-6-5-7-10(11)16(17)18/h5-8,12-13H,3-4,9H2,1-2H3. The van der Waals surface area contributed by atoms with Gasteiger partial charge in [-0.15, -0.1) is 0 Å². The van der Waals surface area contributed by atoms with Gasteiger partial charge in [0.25, 0.3) is 0 Å². The van der Waals surface area contributed by atoms with E-state index in [2.05, 4.69) is 29.8 Å². The molecule has 2 atom stereocenters. The van der Waals surface area contributed by atoms with E-state index in [4.69, 9.17) is 4.74 Å². The van der Waals surface area contributed by atoms with E-state index in [0.29, 0.717) is 10.6 Å². The summed E-state index contributed by atoms with van der Waals surface area (Å²) >= 11 is 3.69. The monoisotopic (exact) mass is 327 g/mol. The van der Waals surface area contributed by atoms with Crippen LogP contribution in [0.4, 0.5) is 5.69 Å². The molecule has 1 aromatic rings. The SMILES string of the molecule is CCC1(CC)C(Br)CC1Oc1ccccc1[N+](=O)[O-]. The second kappa shape index (κ2) is 5.49. The topological polar surface area (TPSA) is 52.4 Å². The Hall–Kier alpha value is -1.10. The van der Waals surface area contributed by atoms with Crippen LogP contribution in [0.2, 0.25) is 0 Å². The quantitative estimate of drug-likeness (QED) is 0.460. The lowest BCUT2D eigenvalue weighted by molar-refractivity contribution is -0.386. The number of benzene rings is 1. The molecule has 1 fully saturated rings. The van der Waals surface area contributed by atoms with Crippen molar-refractivity contribution in [3.05, 3.63) is 34.4 Å². The third-order valence-electron chi connectivity index (χ3n) is 4.33. The molecule has 5 heteroatoms. The number of nitrogens with zero attached hydrogens (tertiary/aromatic N) is 1. The Morgan fingerprint density at radius 2 is 2.05 bits per heavy atom. The van der Waals surface area contributed by atoms with Crippen molar-refractivity contribution < 1.29 is 9.66 Å². The molecule has 2 rings (SSSR count). The molecule has 1 aromatic carbocycles. The van der Waals surface area contributed by atoms with Gasteiger partial charge in [0, 0.05) is 16.3 Å². The Labute approximate surface area is 121 Å². The zero-order chi connectivity index (χ0) is 14.0. The summed E-state index contributed by atoms with van der Waals surface area (Å²) < 4.78 is 5.94. The van der Waals surface area contributed by atoms with Gasteiger partial charge in [0.1, 0.15) is 6.10 Å². The second-order valence-electron chi connectivity index (χ2n) is 4.97. The maximum absolute atomic E-state index is 11.0. The number of ether oxygens (including phenoxy) is 1. The van der Waals surface area contributed by atoms with Gasteiger partial charge in [0.05, 0.1) is 4.92 Å². The number of nitro benzene ring substituents is 1. The summed E-state index contributed by atoms with van der Waals surface area (Å²) in [5.41, 5.74) is 0.130. The predicted molar refractivity (Wildman–Crippen MR) is 77.9 cm³/mol. The highest BCUT2D eigenvalue weighted by molar-refractivity contribution is 9.09. The van der Waals surface area contributed by atoms with Crippen LogP contribution in [0, 0.1) is 15.5 Å². The maximum atomic E-state index is 11.0. The highest BCUT2D eigenvalue weighted by Crippen LogP contribution is 2.53. The predicted octanol–water partition coefficient (Wildman–Crippen LogP) is 4.32. The number of alkyl halides is 1. The maximum Gasteiger partial charge on any atom is 0.310 e. The van der Waals surface area contributed by atoms with Gasteiger partial charge in [-0.1, -0.05) is 41.9 Å². The summed E-state index contributed by atoms with van der Waals surface area (Å²) in [6.07, 6.45) is 2.95. The van der Waals surface area contributed by atoms with Gasteiger partial charge in [-0.05, 0) is 25.3 Å². The fourth-order valence-electron chi connectivity index (χ4n) is 2.87. The molecule has 0 saturated heterocycles. The first-order valence-electron chi connectivity index (χ1n) is 6.59. The molecule has 1 aliphatic carbocycles. The lowest BCUT2D eigenvalue weighted by atomic mass is 9.62. The van der Waals surface area contributed by atoms with E-state index in [1.807, 2.05) is 0 Å². The Kier molecular flexibility index (Phi) is 4.13.